The second-order valence-electron chi connectivity index (χ2n) is 4.63. The van der Waals surface area contributed by atoms with E-state index in [4.69, 9.17) is 0 Å². The Balaban J connectivity index is 1.72. The first kappa shape index (κ1) is 12.6. The number of halogens is 1. The minimum absolute atomic E-state index is 0.00482. The molecule has 1 saturated carbocycles. The quantitative estimate of drug-likeness (QED) is 0.877. The molecule has 1 aromatic carbocycles. The summed E-state index contributed by atoms with van der Waals surface area (Å²) in [6.07, 6.45) is 1.29. The first-order valence-electron chi connectivity index (χ1n) is 5.92. The Morgan fingerprint density at radius 1 is 1.47 bits per heavy atom. The van der Waals surface area contributed by atoms with Crippen LogP contribution in [0.15, 0.2) is 28.7 Å². The van der Waals surface area contributed by atoms with Gasteiger partial charge in [0.15, 0.2) is 0 Å². The van der Waals surface area contributed by atoms with Gasteiger partial charge in [-0.3, -0.25) is 4.79 Å². The van der Waals surface area contributed by atoms with Crippen LogP contribution < -0.4 is 10.6 Å². The van der Waals surface area contributed by atoms with Crippen molar-refractivity contribution in [3.63, 3.8) is 0 Å². The summed E-state index contributed by atoms with van der Waals surface area (Å²) in [5.74, 6) is 1.60. The molecule has 2 unspecified atom stereocenters. The molecule has 2 N–H and O–H groups in total. The molecule has 92 valence electrons. The molecule has 2 rings (SSSR count). The van der Waals surface area contributed by atoms with Crippen molar-refractivity contribution in [1.82, 2.24) is 5.32 Å². The first-order chi connectivity index (χ1) is 8.16. The molecule has 0 aliphatic heterocycles. The maximum absolute atomic E-state index is 11.7. The van der Waals surface area contributed by atoms with Gasteiger partial charge in [-0.2, -0.15) is 0 Å². The van der Waals surface area contributed by atoms with Gasteiger partial charge in [0, 0.05) is 4.47 Å². The van der Waals surface area contributed by atoms with Crippen molar-refractivity contribution in [2.24, 2.45) is 11.8 Å². The maximum Gasteiger partial charge on any atom is 0.238 e. The molecule has 3 nitrogen and oxygen atoms in total. The van der Waals surface area contributed by atoms with Crippen LogP contribution in [0.25, 0.3) is 0 Å². The zero-order valence-electron chi connectivity index (χ0n) is 9.87. The number of rotatable bonds is 5. The number of para-hydroxylation sites is 1. The van der Waals surface area contributed by atoms with Crippen molar-refractivity contribution >= 4 is 27.5 Å². The van der Waals surface area contributed by atoms with Crippen LogP contribution >= 0.6 is 15.9 Å². The molecule has 1 aliphatic rings. The molecule has 0 radical (unpaired) electrons. The number of carbonyl (C=O) groups excluding carboxylic acids is 1. The van der Waals surface area contributed by atoms with Gasteiger partial charge in [-0.25, -0.2) is 0 Å². The molecule has 1 aliphatic carbocycles. The van der Waals surface area contributed by atoms with Crippen LogP contribution in [-0.4, -0.2) is 19.0 Å². The molecule has 0 spiro atoms. The van der Waals surface area contributed by atoms with Crippen LogP contribution in [0.3, 0.4) is 0 Å². The Hall–Kier alpha value is -0.870. The van der Waals surface area contributed by atoms with Crippen molar-refractivity contribution < 1.29 is 4.79 Å². The molecule has 0 heterocycles. The summed E-state index contributed by atoms with van der Waals surface area (Å²) in [6, 6.07) is 7.62. The Labute approximate surface area is 110 Å². The Kier molecular flexibility index (Phi) is 4.18. The topological polar surface area (TPSA) is 41.1 Å². The van der Waals surface area contributed by atoms with Crippen molar-refractivity contribution in [1.29, 1.82) is 0 Å². The molecule has 1 amide bonds. The minimum Gasteiger partial charge on any atom is -0.324 e. The lowest BCUT2D eigenvalue weighted by Gasteiger charge is -2.07. The van der Waals surface area contributed by atoms with E-state index in [1.807, 2.05) is 24.3 Å². The van der Waals surface area contributed by atoms with Crippen LogP contribution in [0, 0.1) is 11.8 Å². The summed E-state index contributed by atoms with van der Waals surface area (Å²) < 4.78 is 0.907. The number of anilines is 1. The molecule has 17 heavy (non-hydrogen) atoms. The molecule has 2 atom stereocenters. The van der Waals surface area contributed by atoms with E-state index in [2.05, 4.69) is 33.5 Å². The summed E-state index contributed by atoms with van der Waals surface area (Å²) in [5.41, 5.74) is 0.819. The van der Waals surface area contributed by atoms with Gasteiger partial charge in [0.2, 0.25) is 5.91 Å². The van der Waals surface area contributed by atoms with E-state index in [9.17, 15) is 4.79 Å². The van der Waals surface area contributed by atoms with Crippen molar-refractivity contribution in [2.45, 2.75) is 13.3 Å². The third kappa shape index (κ3) is 3.82. The van der Waals surface area contributed by atoms with Crippen LogP contribution in [0.2, 0.25) is 0 Å². The van der Waals surface area contributed by atoms with Gasteiger partial charge in [-0.15, -0.1) is 0 Å². The predicted octanol–water partition coefficient (Wildman–Crippen LogP) is 2.63. The minimum atomic E-state index is 0.00482. The average Bonchev–Trinajstić information content (AvgIpc) is 2.98. The lowest BCUT2D eigenvalue weighted by molar-refractivity contribution is -0.115. The van der Waals surface area contributed by atoms with Crippen LogP contribution in [0.4, 0.5) is 5.69 Å². The number of hydrogen-bond acceptors (Lipinski definition) is 2. The molecule has 0 bridgehead atoms. The fourth-order valence-corrected chi connectivity index (χ4v) is 2.20. The van der Waals surface area contributed by atoms with E-state index in [1.54, 1.807) is 0 Å². The highest BCUT2D eigenvalue weighted by Gasteiger charge is 2.31. The molecular weight excluding hydrogens is 280 g/mol. The first-order valence-corrected chi connectivity index (χ1v) is 6.71. The Morgan fingerprint density at radius 3 is 2.82 bits per heavy atom. The number of hydrogen-bond donors (Lipinski definition) is 2. The molecular formula is C13H17BrN2O. The third-order valence-corrected chi connectivity index (χ3v) is 3.81. The van der Waals surface area contributed by atoms with Gasteiger partial charge in [0.25, 0.3) is 0 Å². The molecule has 1 fully saturated rings. The summed E-state index contributed by atoms with van der Waals surface area (Å²) in [5, 5.41) is 6.06. The Bertz CT molecular complexity index is 408. The standard InChI is InChI=1S/C13H17BrN2O/c1-9-6-10(9)7-15-8-13(17)16-12-5-3-2-4-11(12)14/h2-5,9-10,15H,6-8H2,1H3,(H,16,17). The van der Waals surface area contributed by atoms with Crippen molar-refractivity contribution in [2.75, 3.05) is 18.4 Å². The summed E-state index contributed by atoms with van der Waals surface area (Å²) in [7, 11) is 0. The van der Waals surface area contributed by atoms with Crippen LogP contribution in [0.1, 0.15) is 13.3 Å². The van der Waals surface area contributed by atoms with Gasteiger partial charge >= 0.3 is 0 Å². The zero-order chi connectivity index (χ0) is 12.3. The van der Waals surface area contributed by atoms with Gasteiger partial charge in [-0.1, -0.05) is 19.1 Å². The summed E-state index contributed by atoms with van der Waals surface area (Å²) in [6.45, 7) is 3.57. The maximum atomic E-state index is 11.7. The second kappa shape index (κ2) is 5.65. The van der Waals surface area contributed by atoms with Crippen LogP contribution in [-0.2, 0) is 4.79 Å². The highest BCUT2D eigenvalue weighted by atomic mass is 79.9. The van der Waals surface area contributed by atoms with E-state index in [-0.39, 0.29) is 5.91 Å². The monoisotopic (exact) mass is 296 g/mol. The lowest BCUT2D eigenvalue weighted by atomic mass is 10.3. The van der Waals surface area contributed by atoms with E-state index in [1.165, 1.54) is 6.42 Å². The summed E-state index contributed by atoms with van der Waals surface area (Å²) >= 11 is 3.40. The zero-order valence-corrected chi connectivity index (χ0v) is 11.5. The van der Waals surface area contributed by atoms with Gasteiger partial charge < -0.3 is 10.6 Å². The van der Waals surface area contributed by atoms with Gasteiger partial charge in [0.1, 0.15) is 0 Å². The lowest BCUT2D eigenvalue weighted by Crippen LogP contribution is -2.29. The number of amides is 1. The molecule has 1 aromatic rings. The molecule has 4 heteroatoms. The normalized spacial score (nSPS) is 22.2. The fraction of sp³-hybridized carbons (Fsp3) is 0.462. The third-order valence-electron chi connectivity index (χ3n) is 3.12. The smallest absolute Gasteiger partial charge is 0.238 e. The fourth-order valence-electron chi connectivity index (χ4n) is 1.81. The predicted molar refractivity (Wildman–Crippen MR) is 72.9 cm³/mol. The highest BCUT2D eigenvalue weighted by Crippen LogP contribution is 2.36. The highest BCUT2D eigenvalue weighted by molar-refractivity contribution is 9.10. The Morgan fingerprint density at radius 2 is 2.18 bits per heavy atom. The second-order valence-corrected chi connectivity index (χ2v) is 5.49. The van der Waals surface area contributed by atoms with E-state index >= 15 is 0 Å². The van der Waals surface area contributed by atoms with Gasteiger partial charge in [0.05, 0.1) is 12.2 Å². The summed E-state index contributed by atoms with van der Waals surface area (Å²) in [4.78, 5) is 11.7. The number of nitrogens with one attached hydrogen (secondary N) is 2. The molecule has 0 aromatic heterocycles. The average molecular weight is 297 g/mol. The van der Waals surface area contributed by atoms with Crippen molar-refractivity contribution in [3.05, 3.63) is 28.7 Å². The van der Waals surface area contributed by atoms with Crippen molar-refractivity contribution in [3.8, 4) is 0 Å². The SMILES string of the molecule is CC1CC1CNCC(=O)Nc1ccccc1Br. The van der Waals surface area contributed by atoms with Crippen LogP contribution in [0.5, 0.6) is 0 Å². The number of carbonyl (C=O) groups is 1. The van der Waals surface area contributed by atoms with E-state index < -0.39 is 0 Å². The van der Waals surface area contributed by atoms with Gasteiger partial charge in [-0.05, 0) is 52.9 Å². The van der Waals surface area contributed by atoms with E-state index in [0.717, 1.165) is 28.5 Å². The largest absolute Gasteiger partial charge is 0.324 e. The number of benzene rings is 1. The molecule has 0 saturated heterocycles. The van der Waals surface area contributed by atoms with E-state index in [0.29, 0.717) is 6.54 Å².